The fourth-order valence-corrected chi connectivity index (χ4v) is 1.22. The minimum Gasteiger partial charge on any atom is -0.480 e. The smallest absolute Gasteiger partial charge is 0.408 e. The van der Waals surface area contributed by atoms with Crippen LogP contribution >= 0.6 is 0 Å². The largest absolute Gasteiger partial charge is 0.480 e. The number of carbonyl (C=O) groups is 3. The third-order valence-corrected chi connectivity index (χ3v) is 2.70. The zero-order valence-electron chi connectivity index (χ0n) is 12.9. The number of rotatable bonds is 5. The Balaban J connectivity index is 4.57. The van der Waals surface area contributed by atoms with Crippen LogP contribution in [0.3, 0.4) is 0 Å². The molecular formula is C13H24N2O5. The Hall–Kier alpha value is -1.79. The third-order valence-electron chi connectivity index (χ3n) is 2.70. The number of aliphatic carboxylic acids is 1. The molecule has 20 heavy (non-hydrogen) atoms. The first-order chi connectivity index (χ1) is 8.91. The van der Waals surface area contributed by atoms with E-state index in [1.165, 1.54) is 13.8 Å². The van der Waals surface area contributed by atoms with Crippen LogP contribution in [0.4, 0.5) is 4.79 Å². The van der Waals surface area contributed by atoms with Crippen LogP contribution in [-0.4, -0.2) is 40.3 Å². The second kappa shape index (κ2) is 6.58. The van der Waals surface area contributed by atoms with Gasteiger partial charge < -0.3 is 20.5 Å². The highest BCUT2D eigenvalue weighted by molar-refractivity contribution is 5.90. The maximum absolute atomic E-state index is 11.9. The van der Waals surface area contributed by atoms with Crippen LogP contribution in [0.1, 0.15) is 48.0 Å². The minimum atomic E-state index is -1.36. The highest BCUT2D eigenvalue weighted by Crippen LogP contribution is 2.10. The van der Waals surface area contributed by atoms with E-state index >= 15 is 0 Å². The molecule has 0 aromatic carbocycles. The van der Waals surface area contributed by atoms with Gasteiger partial charge in [0.15, 0.2) is 0 Å². The topological polar surface area (TPSA) is 105 Å². The summed E-state index contributed by atoms with van der Waals surface area (Å²) in [7, 11) is 0. The van der Waals surface area contributed by atoms with Crippen molar-refractivity contribution in [2.45, 2.75) is 65.1 Å². The molecule has 0 aliphatic rings. The number of amides is 2. The van der Waals surface area contributed by atoms with Crippen molar-refractivity contribution in [2.75, 3.05) is 0 Å². The number of hydrogen-bond donors (Lipinski definition) is 3. The average Bonchev–Trinajstić information content (AvgIpc) is 2.25. The molecule has 0 spiro atoms. The summed E-state index contributed by atoms with van der Waals surface area (Å²) in [5.74, 6) is -1.71. The van der Waals surface area contributed by atoms with Crippen molar-refractivity contribution in [1.29, 1.82) is 0 Å². The summed E-state index contributed by atoms with van der Waals surface area (Å²) in [5.41, 5.74) is -2.03. The van der Waals surface area contributed by atoms with Gasteiger partial charge in [-0.2, -0.15) is 0 Å². The number of carbonyl (C=O) groups excluding carboxylic acids is 2. The summed E-state index contributed by atoms with van der Waals surface area (Å²) in [4.78, 5) is 34.5. The maximum Gasteiger partial charge on any atom is 0.408 e. The first-order valence-corrected chi connectivity index (χ1v) is 6.46. The van der Waals surface area contributed by atoms with Crippen LogP contribution in [-0.2, 0) is 14.3 Å². The molecule has 2 amide bonds. The van der Waals surface area contributed by atoms with Crippen molar-refractivity contribution < 1.29 is 24.2 Å². The molecule has 0 aliphatic carbocycles. The number of carboxylic acid groups (broad SMARTS) is 1. The van der Waals surface area contributed by atoms with E-state index in [4.69, 9.17) is 9.84 Å². The van der Waals surface area contributed by atoms with Gasteiger partial charge in [0.05, 0.1) is 0 Å². The lowest BCUT2D eigenvalue weighted by molar-refractivity contribution is -0.147. The van der Waals surface area contributed by atoms with Crippen LogP contribution in [0.5, 0.6) is 0 Å². The lowest BCUT2D eigenvalue weighted by atomic mass is 9.99. The average molecular weight is 288 g/mol. The Morgan fingerprint density at radius 3 is 2.05 bits per heavy atom. The van der Waals surface area contributed by atoms with Crippen molar-refractivity contribution in [1.82, 2.24) is 10.6 Å². The summed E-state index contributed by atoms with van der Waals surface area (Å²) in [6.07, 6.45) is -0.499. The van der Waals surface area contributed by atoms with Crippen LogP contribution in [0.15, 0.2) is 0 Å². The second-order valence-corrected chi connectivity index (χ2v) is 5.85. The van der Waals surface area contributed by atoms with Gasteiger partial charge in [-0.1, -0.05) is 6.92 Å². The van der Waals surface area contributed by atoms with Gasteiger partial charge in [0.2, 0.25) is 5.91 Å². The van der Waals surface area contributed by atoms with E-state index in [-0.39, 0.29) is 6.42 Å². The van der Waals surface area contributed by atoms with Crippen LogP contribution in [0, 0.1) is 0 Å². The van der Waals surface area contributed by atoms with E-state index in [1.54, 1.807) is 27.7 Å². The lowest BCUT2D eigenvalue weighted by Crippen LogP contribution is -2.57. The molecular weight excluding hydrogens is 264 g/mol. The Morgan fingerprint density at radius 1 is 1.20 bits per heavy atom. The molecule has 0 fully saturated rings. The fraction of sp³-hybridized carbons (Fsp3) is 0.769. The van der Waals surface area contributed by atoms with Gasteiger partial charge in [-0.3, -0.25) is 4.79 Å². The van der Waals surface area contributed by atoms with E-state index in [2.05, 4.69) is 10.6 Å². The molecule has 0 aliphatic heterocycles. The first-order valence-electron chi connectivity index (χ1n) is 6.46. The fourth-order valence-electron chi connectivity index (χ4n) is 1.22. The summed E-state index contributed by atoms with van der Waals surface area (Å²) in [6, 6.07) is -0.893. The molecule has 0 unspecified atom stereocenters. The molecule has 0 saturated carbocycles. The molecule has 7 heteroatoms. The Morgan fingerprint density at radius 2 is 1.70 bits per heavy atom. The van der Waals surface area contributed by atoms with Crippen LogP contribution in [0.25, 0.3) is 0 Å². The van der Waals surface area contributed by atoms with Gasteiger partial charge in [0.25, 0.3) is 0 Å². The summed E-state index contributed by atoms with van der Waals surface area (Å²) >= 11 is 0. The van der Waals surface area contributed by atoms with Gasteiger partial charge in [-0.15, -0.1) is 0 Å². The number of carboxylic acids is 1. The second-order valence-electron chi connectivity index (χ2n) is 5.85. The molecule has 116 valence electrons. The van der Waals surface area contributed by atoms with Crippen molar-refractivity contribution in [2.24, 2.45) is 0 Å². The first kappa shape index (κ1) is 18.2. The zero-order valence-corrected chi connectivity index (χ0v) is 12.9. The molecule has 0 aromatic rings. The van der Waals surface area contributed by atoms with Crippen LogP contribution in [0.2, 0.25) is 0 Å². The van der Waals surface area contributed by atoms with Gasteiger partial charge in [-0.05, 0) is 41.0 Å². The van der Waals surface area contributed by atoms with Gasteiger partial charge in [0, 0.05) is 0 Å². The number of ether oxygens (including phenoxy) is 1. The summed E-state index contributed by atoms with van der Waals surface area (Å²) < 4.78 is 5.02. The summed E-state index contributed by atoms with van der Waals surface area (Å²) in [5, 5.41) is 13.8. The molecule has 3 N–H and O–H groups in total. The van der Waals surface area contributed by atoms with E-state index in [0.29, 0.717) is 0 Å². The van der Waals surface area contributed by atoms with Gasteiger partial charge in [0.1, 0.15) is 17.2 Å². The number of hydrogen-bond acceptors (Lipinski definition) is 4. The normalized spacial score (nSPS) is 15.7. The highest BCUT2D eigenvalue weighted by atomic mass is 16.6. The molecule has 0 rings (SSSR count). The number of nitrogens with one attached hydrogen (secondary N) is 2. The van der Waals surface area contributed by atoms with Crippen molar-refractivity contribution >= 4 is 18.0 Å². The minimum absolute atomic E-state index is 0.229. The molecule has 0 heterocycles. The molecule has 0 aromatic heterocycles. The molecule has 0 bridgehead atoms. The predicted molar refractivity (Wildman–Crippen MR) is 73.3 cm³/mol. The predicted octanol–water partition coefficient (Wildman–Crippen LogP) is 1.27. The van der Waals surface area contributed by atoms with E-state index in [0.717, 1.165) is 0 Å². The van der Waals surface area contributed by atoms with Crippen LogP contribution < -0.4 is 10.6 Å². The Kier molecular flexibility index (Phi) is 5.99. The van der Waals surface area contributed by atoms with Gasteiger partial charge >= 0.3 is 12.1 Å². The molecule has 7 nitrogen and oxygen atoms in total. The highest BCUT2D eigenvalue weighted by Gasteiger charge is 2.34. The SMILES string of the molecule is CC[C@@](C)(NC(=O)[C@H](C)NC(=O)OC(C)(C)C)C(=O)O. The maximum atomic E-state index is 11.9. The van der Waals surface area contributed by atoms with E-state index in [1.807, 2.05) is 0 Å². The molecule has 2 atom stereocenters. The van der Waals surface area contributed by atoms with Gasteiger partial charge in [-0.25, -0.2) is 9.59 Å². The quantitative estimate of drug-likeness (QED) is 0.706. The van der Waals surface area contributed by atoms with E-state index < -0.39 is 35.2 Å². The van der Waals surface area contributed by atoms with Crippen molar-refractivity contribution in [3.05, 3.63) is 0 Å². The standard InChI is InChI=1S/C13H24N2O5/c1-7-13(6,10(17)18)15-9(16)8(2)14-11(19)20-12(3,4)5/h8H,7H2,1-6H3,(H,14,19)(H,15,16)(H,17,18)/t8-,13+/m0/s1. The molecule has 0 radical (unpaired) electrons. The van der Waals surface area contributed by atoms with E-state index in [9.17, 15) is 14.4 Å². The summed E-state index contributed by atoms with van der Waals surface area (Å²) in [6.45, 7) is 9.63. The molecule has 0 saturated heterocycles. The third kappa shape index (κ3) is 5.90. The Bertz CT molecular complexity index is 389. The Labute approximate surface area is 119 Å². The van der Waals surface area contributed by atoms with Crippen molar-refractivity contribution in [3.63, 3.8) is 0 Å². The zero-order chi connectivity index (χ0) is 16.1. The monoisotopic (exact) mass is 288 g/mol. The number of alkyl carbamates (subject to hydrolysis) is 1. The van der Waals surface area contributed by atoms with Crippen molar-refractivity contribution in [3.8, 4) is 0 Å². The lowest BCUT2D eigenvalue weighted by Gasteiger charge is -2.27.